The first-order chi connectivity index (χ1) is 9.65. The van der Waals surface area contributed by atoms with Crippen LogP contribution >= 0.6 is 27.5 Å². The number of hydrogen-bond donors (Lipinski definition) is 1. The Morgan fingerprint density at radius 2 is 2.15 bits per heavy atom. The summed E-state index contributed by atoms with van der Waals surface area (Å²) in [7, 11) is 0. The molecule has 1 saturated carbocycles. The number of nitrogens with one attached hydrogen (secondary N) is 1. The van der Waals surface area contributed by atoms with Crippen molar-refractivity contribution in [3.63, 3.8) is 0 Å². The van der Waals surface area contributed by atoms with Gasteiger partial charge in [0.05, 0.1) is 0 Å². The zero-order chi connectivity index (χ0) is 14.5. The molecule has 4 heteroatoms. The van der Waals surface area contributed by atoms with Crippen LogP contribution in [0.5, 0.6) is 0 Å². The summed E-state index contributed by atoms with van der Waals surface area (Å²) in [6.07, 6.45) is 3.86. The van der Waals surface area contributed by atoms with Gasteiger partial charge in [-0.15, -0.1) is 0 Å². The van der Waals surface area contributed by atoms with Gasteiger partial charge in [0.15, 0.2) is 0 Å². The van der Waals surface area contributed by atoms with Crippen LogP contribution in [0.2, 0.25) is 5.02 Å². The Balaban J connectivity index is 2.01. The molecule has 0 aliphatic heterocycles. The van der Waals surface area contributed by atoms with E-state index in [4.69, 9.17) is 11.6 Å². The molecule has 1 aromatic carbocycles. The lowest BCUT2D eigenvalue weighted by molar-refractivity contribution is 0.260. The fourth-order valence-electron chi connectivity index (χ4n) is 2.73. The minimum atomic E-state index is 0.341. The van der Waals surface area contributed by atoms with Crippen LogP contribution in [0.15, 0.2) is 22.7 Å². The minimum Gasteiger partial charge on any atom is -0.310 e. The van der Waals surface area contributed by atoms with Crippen molar-refractivity contribution in [1.29, 1.82) is 0 Å². The van der Waals surface area contributed by atoms with E-state index in [2.05, 4.69) is 52.1 Å². The van der Waals surface area contributed by atoms with E-state index >= 15 is 0 Å². The summed E-state index contributed by atoms with van der Waals surface area (Å²) in [5.41, 5.74) is 1.21. The van der Waals surface area contributed by atoms with Crippen molar-refractivity contribution < 1.29 is 0 Å². The van der Waals surface area contributed by atoms with E-state index in [1.165, 1.54) is 18.4 Å². The van der Waals surface area contributed by atoms with Crippen molar-refractivity contribution in [3.8, 4) is 0 Å². The predicted molar refractivity (Wildman–Crippen MR) is 90.5 cm³/mol. The van der Waals surface area contributed by atoms with Crippen LogP contribution < -0.4 is 5.32 Å². The van der Waals surface area contributed by atoms with Gasteiger partial charge in [0.2, 0.25) is 0 Å². The third-order valence-corrected chi connectivity index (χ3v) is 4.78. The van der Waals surface area contributed by atoms with Gasteiger partial charge in [0.25, 0.3) is 0 Å². The maximum Gasteiger partial charge on any atom is 0.0465 e. The SMILES string of the molecule is CCNC(CCN(CC)C1CC1)c1ccc(Br)cc1Cl. The van der Waals surface area contributed by atoms with Crippen LogP contribution in [0.4, 0.5) is 0 Å². The lowest BCUT2D eigenvalue weighted by atomic mass is 10.0. The van der Waals surface area contributed by atoms with E-state index in [1.54, 1.807) is 0 Å². The molecule has 1 aliphatic carbocycles. The van der Waals surface area contributed by atoms with Crippen molar-refractivity contribution in [3.05, 3.63) is 33.3 Å². The molecule has 20 heavy (non-hydrogen) atoms. The molecule has 0 bridgehead atoms. The number of nitrogens with zero attached hydrogens (tertiary/aromatic N) is 1. The molecule has 1 aliphatic rings. The molecular weight excluding hydrogens is 336 g/mol. The lowest BCUT2D eigenvalue weighted by Gasteiger charge is -2.25. The molecule has 1 unspecified atom stereocenters. The maximum absolute atomic E-state index is 6.40. The number of rotatable bonds is 8. The number of benzene rings is 1. The standard InChI is InChI=1S/C16H24BrClN2/c1-3-19-16(9-10-20(4-2)13-6-7-13)14-8-5-12(17)11-15(14)18/h5,8,11,13,16,19H,3-4,6-7,9-10H2,1-2H3. The predicted octanol–water partition coefficient (Wildman–Crippen LogP) is 4.63. The van der Waals surface area contributed by atoms with Crippen LogP contribution in [-0.4, -0.2) is 30.6 Å². The molecule has 1 aromatic rings. The smallest absolute Gasteiger partial charge is 0.0465 e. The molecular formula is C16H24BrClN2. The Labute approximate surface area is 136 Å². The largest absolute Gasteiger partial charge is 0.310 e. The lowest BCUT2D eigenvalue weighted by Crippen LogP contribution is -2.31. The van der Waals surface area contributed by atoms with Crippen LogP contribution in [0.1, 0.15) is 44.7 Å². The van der Waals surface area contributed by atoms with Gasteiger partial charge in [0.1, 0.15) is 0 Å². The molecule has 1 atom stereocenters. The van der Waals surface area contributed by atoms with Gasteiger partial charge in [-0.05, 0) is 50.0 Å². The van der Waals surface area contributed by atoms with E-state index < -0.39 is 0 Å². The first-order valence-electron chi connectivity index (χ1n) is 7.58. The average Bonchev–Trinajstić information content (AvgIpc) is 3.23. The quantitative estimate of drug-likeness (QED) is 0.728. The molecule has 0 saturated heterocycles. The monoisotopic (exact) mass is 358 g/mol. The van der Waals surface area contributed by atoms with E-state index in [1.807, 2.05) is 6.07 Å². The highest BCUT2D eigenvalue weighted by Crippen LogP contribution is 2.31. The fourth-order valence-corrected chi connectivity index (χ4v) is 3.54. The average molecular weight is 360 g/mol. The topological polar surface area (TPSA) is 15.3 Å². The van der Waals surface area contributed by atoms with Gasteiger partial charge >= 0.3 is 0 Å². The van der Waals surface area contributed by atoms with Gasteiger partial charge in [-0.2, -0.15) is 0 Å². The van der Waals surface area contributed by atoms with Crippen LogP contribution in [0, 0.1) is 0 Å². The molecule has 0 spiro atoms. The van der Waals surface area contributed by atoms with E-state index in [0.29, 0.717) is 6.04 Å². The maximum atomic E-state index is 6.40. The Hall–Kier alpha value is -0.0900. The Morgan fingerprint density at radius 3 is 2.70 bits per heavy atom. The summed E-state index contributed by atoms with van der Waals surface area (Å²) in [6, 6.07) is 7.37. The third-order valence-electron chi connectivity index (χ3n) is 3.96. The molecule has 0 heterocycles. The minimum absolute atomic E-state index is 0.341. The molecule has 1 N–H and O–H groups in total. The van der Waals surface area contributed by atoms with Gasteiger partial charge in [-0.1, -0.05) is 47.4 Å². The van der Waals surface area contributed by atoms with Gasteiger partial charge in [-0.3, -0.25) is 0 Å². The van der Waals surface area contributed by atoms with Crippen LogP contribution in [0.25, 0.3) is 0 Å². The Kier molecular flexibility index (Phi) is 6.34. The first kappa shape index (κ1) is 16.3. The molecule has 2 nitrogen and oxygen atoms in total. The highest BCUT2D eigenvalue weighted by atomic mass is 79.9. The fraction of sp³-hybridized carbons (Fsp3) is 0.625. The second-order valence-electron chi connectivity index (χ2n) is 5.42. The summed E-state index contributed by atoms with van der Waals surface area (Å²) in [6.45, 7) is 7.67. The van der Waals surface area contributed by atoms with Gasteiger partial charge in [-0.25, -0.2) is 0 Å². The summed E-state index contributed by atoms with van der Waals surface area (Å²) < 4.78 is 1.04. The van der Waals surface area contributed by atoms with E-state index in [0.717, 1.165) is 41.6 Å². The zero-order valence-corrected chi connectivity index (χ0v) is 14.7. The Morgan fingerprint density at radius 1 is 1.40 bits per heavy atom. The molecule has 0 aromatic heterocycles. The normalized spacial score (nSPS) is 16.6. The van der Waals surface area contributed by atoms with Crippen molar-refractivity contribution in [2.24, 2.45) is 0 Å². The summed E-state index contributed by atoms with van der Waals surface area (Å²) in [4.78, 5) is 2.59. The van der Waals surface area contributed by atoms with Gasteiger partial charge < -0.3 is 10.2 Å². The summed E-state index contributed by atoms with van der Waals surface area (Å²) >= 11 is 9.87. The Bertz CT molecular complexity index is 434. The third kappa shape index (κ3) is 4.45. The highest BCUT2D eigenvalue weighted by Gasteiger charge is 2.28. The molecule has 0 radical (unpaired) electrons. The van der Waals surface area contributed by atoms with Crippen molar-refractivity contribution in [1.82, 2.24) is 10.2 Å². The van der Waals surface area contributed by atoms with Crippen LogP contribution in [0.3, 0.4) is 0 Å². The number of halogens is 2. The summed E-state index contributed by atoms with van der Waals surface area (Å²) in [5, 5.41) is 4.42. The van der Waals surface area contributed by atoms with Gasteiger partial charge in [0, 0.05) is 28.1 Å². The molecule has 0 amide bonds. The zero-order valence-electron chi connectivity index (χ0n) is 12.3. The number of hydrogen-bond acceptors (Lipinski definition) is 2. The van der Waals surface area contributed by atoms with Crippen molar-refractivity contribution in [2.75, 3.05) is 19.6 Å². The van der Waals surface area contributed by atoms with E-state index in [9.17, 15) is 0 Å². The van der Waals surface area contributed by atoms with Crippen LogP contribution in [-0.2, 0) is 0 Å². The summed E-state index contributed by atoms with van der Waals surface area (Å²) in [5.74, 6) is 0. The molecule has 112 valence electrons. The van der Waals surface area contributed by atoms with Crippen molar-refractivity contribution in [2.45, 2.75) is 45.2 Å². The second-order valence-corrected chi connectivity index (χ2v) is 6.75. The molecule has 1 fully saturated rings. The first-order valence-corrected chi connectivity index (χ1v) is 8.75. The van der Waals surface area contributed by atoms with Crippen molar-refractivity contribution >= 4 is 27.5 Å². The second kappa shape index (κ2) is 7.79. The highest BCUT2D eigenvalue weighted by molar-refractivity contribution is 9.10. The molecule has 2 rings (SSSR count). The van der Waals surface area contributed by atoms with E-state index in [-0.39, 0.29) is 0 Å².